The summed E-state index contributed by atoms with van der Waals surface area (Å²) in [7, 11) is 0. The van der Waals surface area contributed by atoms with E-state index in [0.29, 0.717) is 60.9 Å². The molecule has 206 valence electrons. The first kappa shape index (κ1) is 24.8. The van der Waals surface area contributed by atoms with Crippen LogP contribution in [-0.2, 0) is 17.0 Å². The molecule has 0 unspecified atom stereocenters. The lowest BCUT2D eigenvalue weighted by molar-refractivity contribution is 0.107. The number of thioether (sulfide) groups is 1. The summed E-state index contributed by atoms with van der Waals surface area (Å²) < 4.78 is 26.7. The van der Waals surface area contributed by atoms with Crippen molar-refractivity contribution in [3.05, 3.63) is 39.5 Å². The Bertz CT molecular complexity index is 1660. The van der Waals surface area contributed by atoms with E-state index in [-0.39, 0.29) is 16.3 Å². The fourth-order valence-corrected chi connectivity index (χ4v) is 10.3. The zero-order valence-electron chi connectivity index (χ0n) is 21.5. The number of imidazole rings is 1. The summed E-state index contributed by atoms with van der Waals surface area (Å²) in [5.74, 6) is 1.59. The molecule has 0 bridgehead atoms. The zero-order chi connectivity index (χ0) is 27.1. The van der Waals surface area contributed by atoms with Crippen molar-refractivity contribution in [3.8, 4) is 12.1 Å². The Morgan fingerprint density at radius 2 is 2.20 bits per heavy atom. The highest BCUT2D eigenvalue weighted by Gasteiger charge is 2.53. The predicted molar refractivity (Wildman–Crippen MR) is 154 cm³/mol. The van der Waals surface area contributed by atoms with Gasteiger partial charge >= 0.3 is 6.01 Å². The van der Waals surface area contributed by atoms with Crippen LogP contribution < -0.4 is 15.4 Å². The Labute approximate surface area is 242 Å². The molecule has 3 saturated heterocycles. The van der Waals surface area contributed by atoms with Gasteiger partial charge in [0.05, 0.1) is 28.7 Å². The van der Waals surface area contributed by atoms with Gasteiger partial charge in [-0.1, -0.05) is 0 Å². The molecular weight excluding hydrogens is 570 g/mol. The minimum absolute atomic E-state index is 0.179. The summed E-state index contributed by atoms with van der Waals surface area (Å²) in [5.41, 5.74) is 9.03. The van der Waals surface area contributed by atoms with Crippen molar-refractivity contribution >= 4 is 56.6 Å². The van der Waals surface area contributed by atoms with Gasteiger partial charge in [-0.15, -0.1) is 23.1 Å². The summed E-state index contributed by atoms with van der Waals surface area (Å²) in [6.07, 6.45) is 5.23. The number of hydrogen-bond donors (Lipinski definition) is 1. The van der Waals surface area contributed by atoms with E-state index in [2.05, 4.69) is 20.2 Å². The van der Waals surface area contributed by atoms with Crippen LogP contribution in [0.15, 0.2) is 18.6 Å². The summed E-state index contributed by atoms with van der Waals surface area (Å²) in [6, 6.07) is 4.62. The molecule has 8 rings (SSSR count). The second kappa shape index (κ2) is 9.01. The molecule has 4 aromatic heterocycles. The second-order valence-electron chi connectivity index (χ2n) is 11.1. The number of nitrogens with two attached hydrogens (primary N) is 1. The van der Waals surface area contributed by atoms with Gasteiger partial charge in [0, 0.05) is 53.3 Å². The maximum Gasteiger partial charge on any atom is 0.320 e. The molecule has 4 aliphatic heterocycles. The lowest BCUT2D eigenvalue weighted by Crippen LogP contribution is -2.57. The Balaban J connectivity index is 1.13. The third-order valence-corrected chi connectivity index (χ3v) is 12.1. The standard InChI is InChI=1S/C26H26FN9OS3/c27-15-6-25(3-1-5-36(25)8-15)13-37-24-32-22-20(30-14-34(22)9-16-2-4-31-40-16)23(33-24)35-11-26(12-35)19-17(7-28)21(29)39-18(19)10-38-26/h2,4,14-15H,1,3,5-6,8-13,29H2/t15-,25+/m1/s1. The van der Waals surface area contributed by atoms with E-state index in [9.17, 15) is 9.65 Å². The normalized spacial score (nSPS) is 24.9. The van der Waals surface area contributed by atoms with Crippen molar-refractivity contribution in [2.45, 2.75) is 48.0 Å². The first-order chi connectivity index (χ1) is 19.5. The molecule has 0 amide bonds. The van der Waals surface area contributed by atoms with Gasteiger partial charge in [-0.25, -0.2) is 13.7 Å². The molecule has 0 aliphatic carbocycles. The highest BCUT2D eigenvalue weighted by atomic mass is 32.2. The van der Waals surface area contributed by atoms with Crippen molar-refractivity contribution in [3.63, 3.8) is 0 Å². The van der Waals surface area contributed by atoms with Crippen molar-refractivity contribution in [2.75, 3.05) is 43.4 Å². The number of aromatic nitrogens is 5. The van der Waals surface area contributed by atoms with Crippen LogP contribution in [0.5, 0.6) is 6.01 Å². The number of halogens is 1. The van der Waals surface area contributed by atoms with Gasteiger partial charge in [-0.3, -0.25) is 4.90 Å². The molecular formula is C26H26FN9OS3. The lowest BCUT2D eigenvalue weighted by Gasteiger charge is -2.48. The Morgan fingerprint density at radius 1 is 1.30 bits per heavy atom. The Morgan fingerprint density at radius 3 is 3.02 bits per heavy atom. The molecule has 4 aromatic rings. The number of nitrogen functional groups attached to an aromatic ring is 1. The summed E-state index contributed by atoms with van der Waals surface area (Å²) in [6.45, 7) is 3.74. The fraction of sp³-hybridized carbons (Fsp3) is 0.500. The van der Waals surface area contributed by atoms with Crippen LogP contribution in [0.2, 0.25) is 0 Å². The molecule has 0 saturated carbocycles. The Hall–Kier alpha value is -2.99. The Kier molecular flexibility index (Phi) is 5.58. The molecule has 4 aliphatic rings. The van der Waals surface area contributed by atoms with Crippen LogP contribution in [0.3, 0.4) is 0 Å². The third kappa shape index (κ3) is 3.67. The number of fused-ring (bicyclic) bond motifs is 4. The van der Waals surface area contributed by atoms with Crippen molar-refractivity contribution in [1.82, 2.24) is 28.8 Å². The van der Waals surface area contributed by atoms with E-state index >= 15 is 0 Å². The first-order valence-corrected chi connectivity index (χ1v) is 15.9. The number of thiophene rings is 1. The predicted octanol–water partition coefficient (Wildman–Crippen LogP) is 3.76. The molecule has 2 N–H and O–H groups in total. The van der Waals surface area contributed by atoms with Crippen LogP contribution in [0.4, 0.5) is 15.2 Å². The maximum absolute atomic E-state index is 14.4. The number of nitrogens with zero attached hydrogens (tertiary/aromatic N) is 8. The minimum atomic E-state index is -0.820. The maximum atomic E-state index is 14.4. The number of rotatable bonds is 6. The summed E-state index contributed by atoms with van der Waals surface area (Å²) in [5, 5.41) is 10.4. The van der Waals surface area contributed by atoms with Gasteiger partial charge in [0.2, 0.25) is 0 Å². The average Bonchev–Trinajstić information content (AvgIpc) is 3.74. The molecule has 2 atom stereocenters. The van der Waals surface area contributed by atoms with E-state index in [0.717, 1.165) is 41.4 Å². The first-order valence-electron chi connectivity index (χ1n) is 13.3. The second-order valence-corrected chi connectivity index (χ2v) is 14.5. The number of anilines is 2. The van der Waals surface area contributed by atoms with Gasteiger partial charge in [0.1, 0.15) is 23.8 Å². The van der Waals surface area contributed by atoms with Gasteiger partial charge < -0.3 is 19.9 Å². The van der Waals surface area contributed by atoms with Gasteiger partial charge in [0.15, 0.2) is 17.0 Å². The quantitative estimate of drug-likeness (QED) is 0.353. The monoisotopic (exact) mass is 595 g/mol. The molecule has 8 heterocycles. The largest absolute Gasteiger partial charge is 0.461 e. The number of ether oxygens (including phenoxy) is 1. The summed E-state index contributed by atoms with van der Waals surface area (Å²) >= 11 is 4.85. The lowest BCUT2D eigenvalue weighted by atomic mass is 9.88. The molecule has 1 spiro atoms. The van der Waals surface area contributed by atoms with Gasteiger partial charge in [0.25, 0.3) is 0 Å². The smallest absolute Gasteiger partial charge is 0.320 e. The highest BCUT2D eigenvalue weighted by molar-refractivity contribution is 8.00. The van der Waals surface area contributed by atoms with Crippen LogP contribution in [-0.4, -0.2) is 73.3 Å². The van der Waals surface area contributed by atoms with E-state index in [1.54, 1.807) is 12.5 Å². The topological polar surface area (TPSA) is 122 Å². The molecule has 3 fully saturated rings. The van der Waals surface area contributed by atoms with Crippen molar-refractivity contribution in [2.24, 2.45) is 0 Å². The van der Waals surface area contributed by atoms with E-state index in [4.69, 9.17) is 25.4 Å². The molecule has 14 heteroatoms. The molecule has 40 heavy (non-hydrogen) atoms. The SMILES string of the molecule is N#Cc1c(N)sc2c1C1(CN(c3nc(OC[C@@]45CCCN4C[C@H](F)C5)nc4c3ncn4Cc3ccns3)C1)SC2. The zero-order valence-corrected chi connectivity index (χ0v) is 24.0. The molecule has 0 radical (unpaired) electrons. The number of nitriles is 1. The average molecular weight is 596 g/mol. The number of alkyl halides is 1. The van der Waals surface area contributed by atoms with E-state index < -0.39 is 6.17 Å². The van der Waals surface area contributed by atoms with Gasteiger partial charge in [-0.05, 0) is 37.0 Å². The third-order valence-electron chi connectivity index (χ3n) is 8.72. The van der Waals surface area contributed by atoms with Crippen molar-refractivity contribution < 1.29 is 9.13 Å². The highest BCUT2D eigenvalue weighted by Crippen LogP contribution is 2.58. The van der Waals surface area contributed by atoms with E-state index in [1.165, 1.54) is 27.7 Å². The van der Waals surface area contributed by atoms with Crippen LogP contribution in [0.1, 0.15) is 40.1 Å². The van der Waals surface area contributed by atoms with Crippen LogP contribution >= 0.6 is 34.6 Å². The van der Waals surface area contributed by atoms with Crippen molar-refractivity contribution in [1.29, 1.82) is 5.26 Å². The van der Waals surface area contributed by atoms with Gasteiger partial charge in [-0.2, -0.15) is 15.2 Å². The number of hydrogen-bond acceptors (Lipinski definition) is 12. The van der Waals surface area contributed by atoms with Crippen LogP contribution in [0, 0.1) is 11.3 Å². The van der Waals surface area contributed by atoms with Crippen LogP contribution in [0.25, 0.3) is 11.2 Å². The molecule has 0 aromatic carbocycles. The molecule has 10 nitrogen and oxygen atoms in total. The van der Waals surface area contributed by atoms with E-state index in [1.807, 2.05) is 22.4 Å². The fourth-order valence-electron chi connectivity index (χ4n) is 6.89. The summed E-state index contributed by atoms with van der Waals surface area (Å²) in [4.78, 5) is 21.2. The minimum Gasteiger partial charge on any atom is -0.461 e.